The Hall–Kier alpha value is -0.530. The summed E-state index contributed by atoms with van der Waals surface area (Å²) in [5.74, 6) is 0.541. The molecule has 3 atom stereocenters. The van der Waals surface area contributed by atoms with Gasteiger partial charge in [0, 0.05) is 0 Å². The van der Waals surface area contributed by atoms with Crippen molar-refractivity contribution in [3.05, 3.63) is 0 Å². The molecule has 1 rings (SSSR count). The van der Waals surface area contributed by atoms with Crippen LogP contribution in [0.5, 0.6) is 0 Å². The fraction of sp³-hybridized carbons (Fsp3) is 0.923. The summed E-state index contributed by atoms with van der Waals surface area (Å²) in [5.41, 5.74) is -0.492. The second-order valence-electron chi connectivity index (χ2n) is 5.21. The zero-order valence-corrected chi connectivity index (χ0v) is 10.3. The molecule has 0 heterocycles. The molecule has 1 aliphatic carbocycles. The lowest BCUT2D eigenvalue weighted by atomic mass is 9.65. The van der Waals surface area contributed by atoms with E-state index in [0.29, 0.717) is 5.92 Å². The Morgan fingerprint density at radius 1 is 1.40 bits per heavy atom. The van der Waals surface area contributed by atoms with Gasteiger partial charge in [-0.05, 0) is 38.0 Å². The zero-order chi connectivity index (χ0) is 11.5. The molecular weight excluding hydrogens is 188 g/mol. The van der Waals surface area contributed by atoms with Crippen molar-refractivity contribution < 1.29 is 9.90 Å². The first-order valence-corrected chi connectivity index (χ1v) is 6.28. The number of carboxylic acids is 1. The first kappa shape index (κ1) is 12.5. The van der Waals surface area contributed by atoms with Crippen LogP contribution in [0.3, 0.4) is 0 Å². The highest BCUT2D eigenvalue weighted by Gasteiger charge is 2.41. The molecule has 0 aliphatic heterocycles. The zero-order valence-electron chi connectivity index (χ0n) is 10.3. The molecular formula is C13H24O2. The summed E-state index contributed by atoms with van der Waals surface area (Å²) < 4.78 is 0. The van der Waals surface area contributed by atoms with Crippen LogP contribution in [0.4, 0.5) is 0 Å². The average Bonchev–Trinajstić information content (AvgIpc) is 2.27. The van der Waals surface area contributed by atoms with Gasteiger partial charge in [-0.2, -0.15) is 0 Å². The van der Waals surface area contributed by atoms with Crippen LogP contribution in [0.25, 0.3) is 0 Å². The molecule has 15 heavy (non-hydrogen) atoms. The van der Waals surface area contributed by atoms with Gasteiger partial charge in [0.05, 0.1) is 5.41 Å². The van der Waals surface area contributed by atoms with Gasteiger partial charge in [-0.1, -0.05) is 33.1 Å². The van der Waals surface area contributed by atoms with Crippen LogP contribution >= 0.6 is 0 Å². The highest BCUT2D eigenvalue weighted by Crippen LogP contribution is 2.43. The maximum Gasteiger partial charge on any atom is 0.309 e. The predicted octanol–water partition coefficient (Wildman–Crippen LogP) is 3.70. The Morgan fingerprint density at radius 2 is 2.07 bits per heavy atom. The molecule has 0 bridgehead atoms. The van der Waals surface area contributed by atoms with E-state index in [1.54, 1.807) is 0 Å². The largest absolute Gasteiger partial charge is 0.481 e. The summed E-state index contributed by atoms with van der Waals surface area (Å²) in [6, 6.07) is 0. The van der Waals surface area contributed by atoms with Crippen molar-refractivity contribution >= 4 is 5.97 Å². The van der Waals surface area contributed by atoms with Crippen molar-refractivity contribution in [3.8, 4) is 0 Å². The lowest BCUT2D eigenvalue weighted by molar-refractivity contribution is -0.153. The van der Waals surface area contributed by atoms with E-state index in [0.717, 1.165) is 25.2 Å². The third kappa shape index (κ3) is 2.53. The number of carbonyl (C=O) groups is 1. The molecule has 2 nitrogen and oxygen atoms in total. The Balaban J connectivity index is 2.72. The molecule has 3 unspecified atom stereocenters. The van der Waals surface area contributed by atoms with Gasteiger partial charge in [0.1, 0.15) is 0 Å². The Bertz CT molecular complexity index is 225. The molecule has 2 heteroatoms. The highest BCUT2D eigenvalue weighted by atomic mass is 16.4. The van der Waals surface area contributed by atoms with Crippen LogP contribution in [-0.4, -0.2) is 11.1 Å². The second kappa shape index (κ2) is 5.00. The van der Waals surface area contributed by atoms with Gasteiger partial charge in [-0.15, -0.1) is 0 Å². The van der Waals surface area contributed by atoms with E-state index in [9.17, 15) is 9.90 Å². The van der Waals surface area contributed by atoms with Crippen LogP contribution in [-0.2, 0) is 4.79 Å². The molecule has 1 fully saturated rings. The third-order valence-corrected chi connectivity index (χ3v) is 4.48. The normalized spacial score (nSPS) is 30.9. The van der Waals surface area contributed by atoms with Crippen LogP contribution in [0, 0.1) is 17.3 Å². The minimum absolute atomic E-state index is 0.388. The standard InChI is InChI=1S/C13H24O2/c1-4-10-7-6-8-11(9-10)13(3,5-2)12(14)15/h10-11H,4-9H2,1-3H3,(H,14,15). The van der Waals surface area contributed by atoms with Crippen molar-refractivity contribution in [2.24, 2.45) is 17.3 Å². The molecule has 0 aromatic rings. The maximum absolute atomic E-state index is 11.3. The van der Waals surface area contributed by atoms with Gasteiger partial charge in [0.2, 0.25) is 0 Å². The summed E-state index contributed by atoms with van der Waals surface area (Å²) in [6.45, 7) is 6.15. The Kier molecular flexibility index (Phi) is 4.18. The smallest absolute Gasteiger partial charge is 0.309 e. The van der Waals surface area contributed by atoms with E-state index in [1.165, 1.54) is 19.3 Å². The van der Waals surface area contributed by atoms with Gasteiger partial charge in [-0.3, -0.25) is 4.79 Å². The quantitative estimate of drug-likeness (QED) is 0.771. The monoisotopic (exact) mass is 212 g/mol. The second-order valence-corrected chi connectivity index (χ2v) is 5.21. The Labute approximate surface area is 93.1 Å². The Morgan fingerprint density at radius 3 is 2.53 bits per heavy atom. The van der Waals surface area contributed by atoms with Crippen molar-refractivity contribution in [2.75, 3.05) is 0 Å². The van der Waals surface area contributed by atoms with E-state index in [1.807, 2.05) is 13.8 Å². The summed E-state index contributed by atoms with van der Waals surface area (Å²) in [4.78, 5) is 11.3. The number of hydrogen-bond donors (Lipinski definition) is 1. The van der Waals surface area contributed by atoms with Crippen LogP contribution in [0.15, 0.2) is 0 Å². The number of aliphatic carboxylic acids is 1. The maximum atomic E-state index is 11.3. The van der Waals surface area contributed by atoms with Gasteiger partial charge in [0.15, 0.2) is 0 Å². The molecule has 88 valence electrons. The summed E-state index contributed by atoms with van der Waals surface area (Å²) >= 11 is 0. The van der Waals surface area contributed by atoms with Crippen LogP contribution in [0.1, 0.15) is 59.3 Å². The average molecular weight is 212 g/mol. The van der Waals surface area contributed by atoms with Crippen LogP contribution in [0.2, 0.25) is 0 Å². The highest BCUT2D eigenvalue weighted by molar-refractivity contribution is 5.74. The molecule has 0 aromatic carbocycles. The van der Waals surface area contributed by atoms with Crippen molar-refractivity contribution in [1.29, 1.82) is 0 Å². The van der Waals surface area contributed by atoms with Crippen molar-refractivity contribution in [2.45, 2.75) is 59.3 Å². The molecule has 1 aliphatic rings. The minimum atomic E-state index is -0.605. The van der Waals surface area contributed by atoms with E-state index in [4.69, 9.17) is 0 Å². The van der Waals surface area contributed by atoms with E-state index < -0.39 is 11.4 Å². The van der Waals surface area contributed by atoms with Gasteiger partial charge in [-0.25, -0.2) is 0 Å². The fourth-order valence-electron chi connectivity index (χ4n) is 2.85. The molecule has 1 saturated carbocycles. The predicted molar refractivity (Wildman–Crippen MR) is 61.8 cm³/mol. The first-order valence-electron chi connectivity index (χ1n) is 6.28. The first-order chi connectivity index (χ1) is 7.04. The summed E-state index contributed by atoms with van der Waals surface area (Å²) in [5, 5.41) is 9.34. The fourth-order valence-corrected chi connectivity index (χ4v) is 2.85. The number of rotatable bonds is 4. The van der Waals surface area contributed by atoms with Gasteiger partial charge < -0.3 is 5.11 Å². The molecule has 0 radical (unpaired) electrons. The van der Waals surface area contributed by atoms with Gasteiger partial charge in [0.25, 0.3) is 0 Å². The van der Waals surface area contributed by atoms with E-state index in [2.05, 4.69) is 6.92 Å². The van der Waals surface area contributed by atoms with E-state index in [-0.39, 0.29) is 0 Å². The lowest BCUT2D eigenvalue weighted by Crippen LogP contribution is -2.38. The molecule has 0 saturated heterocycles. The van der Waals surface area contributed by atoms with Crippen LogP contribution < -0.4 is 0 Å². The topological polar surface area (TPSA) is 37.3 Å². The third-order valence-electron chi connectivity index (χ3n) is 4.48. The SMILES string of the molecule is CCC1CCCC(C(C)(CC)C(=O)O)C1. The lowest BCUT2D eigenvalue weighted by Gasteiger charge is -2.38. The van der Waals surface area contributed by atoms with Gasteiger partial charge >= 0.3 is 5.97 Å². The summed E-state index contributed by atoms with van der Waals surface area (Å²) in [7, 11) is 0. The number of carboxylic acid groups (broad SMARTS) is 1. The molecule has 1 N–H and O–H groups in total. The molecule has 0 spiro atoms. The minimum Gasteiger partial charge on any atom is -0.481 e. The summed E-state index contributed by atoms with van der Waals surface area (Å²) in [6.07, 6.45) is 6.69. The van der Waals surface area contributed by atoms with E-state index >= 15 is 0 Å². The molecule has 0 amide bonds. The number of hydrogen-bond acceptors (Lipinski definition) is 1. The van der Waals surface area contributed by atoms with Crippen molar-refractivity contribution in [3.63, 3.8) is 0 Å². The molecule has 0 aromatic heterocycles. The van der Waals surface area contributed by atoms with Crippen molar-refractivity contribution in [1.82, 2.24) is 0 Å².